The number of aliphatic hydroxyl groups excluding tert-OH is 3. The first kappa shape index (κ1) is 22.7. The zero-order valence-electron chi connectivity index (χ0n) is 17.9. The Bertz CT molecular complexity index is 1130. The van der Waals surface area contributed by atoms with E-state index in [-0.39, 0.29) is 5.76 Å². The average Bonchev–Trinajstić information content (AvgIpc) is 3.29. The van der Waals surface area contributed by atoms with Gasteiger partial charge in [-0.15, -0.1) is 5.10 Å². The van der Waals surface area contributed by atoms with E-state index < -0.39 is 42.8 Å². The SMILES string of the molecule is C[C@H]1[C@H]([C@H](O)C(O)CO)OC(C(=O)O)=C[C@@H]1n1nnc(-c2ccccc2)c1-c1ccccc1. The molecule has 0 saturated carbocycles. The molecule has 33 heavy (non-hydrogen) atoms. The van der Waals surface area contributed by atoms with Gasteiger partial charge in [0.25, 0.3) is 0 Å². The summed E-state index contributed by atoms with van der Waals surface area (Å²) in [5, 5.41) is 48.2. The summed E-state index contributed by atoms with van der Waals surface area (Å²) < 4.78 is 7.14. The van der Waals surface area contributed by atoms with Gasteiger partial charge in [-0.2, -0.15) is 0 Å². The predicted octanol–water partition coefficient (Wildman–Crippen LogP) is 1.87. The number of nitrogens with zero attached hydrogens (tertiary/aromatic N) is 3. The second kappa shape index (κ2) is 9.53. The molecule has 1 aliphatic rings. The molecule has 2 heterocycles. The van der Waals surface area contributed by atoms with Crippen LogP contribution in [-0.2, 0) is 9.53 Å². The van der Waals surface area contributed by atoms with Crippen molar-refractivity contribution in [2.75, 3.05) is 6.61 Å². The van der Waals surface area contributed by atoms with Gasteiger partial charge in [-0.3, -0.25) is 0 Å². The maximum absolute atomic E-state index is 11.8. The predicted molar refractivity (Wildman–Crippen MR) is 119 cm³/mol. The number of hydrogen-bond acceptors (Lipinski definition) is 7. The molecule has 0 aliphatic carbocycles. The summed E-state index contributed by atoms with van der Waals surface area (Å²) in [5.41, 5.74) is 2.98. The maximum atomic E-state index is 11.8. The lowest BCUT2D eigenvalue weighted by atomic mass is 9.87. The zero-order chi connectivity index (χ0) is 23.5. The van der Waals surface area contributed by atoms with Gasteiger partial charge < -0.3 is 25.2 Å². The molecule has 172 valence electrons. The Kier molecular flexibility index (Phi) is 6.55. The second-order valence-corrected chi connectivity index (χ2v) is 7.97. The molecule has 9 heteroatoms. The first-order valence-electron chi connectivity index (χ1n) is 10.6. The highest BCUT2D eigenvalue weighted by molar-refractivity contribution is 5.84. The van der Waals surface area contributed by atoms with Crippen molar-refractivity contribution in [3.8, 4) is 22.5 Å². The fraction of sp³-hybridized carbons (Fsp3) is 0.292. The number of carboxylic acids is 1. The van der Waals surface area contributed by atoms with E-state index in [1.165, 1.54) is 6.08 Å². The molecule has 0 spiro atoms. The minimum absolute atomic E-state index is 0.372. The van der Waals surface area contributed by atoms with Crippen molar-refractivity contribution < 1.29 is 30.0 Å². The fourth-order valence-electron chi connectivity index (χ4n) is 4.07. The van der Waals surface area contributed by atoms with E-state index in [0.29, 0.717) is 11.4 Å². The Labute approximate surface area is 190 Å². The van der Waals surface area contributed by atoms with Gasteiger partial charge in [0.15, 0.2) is 0 Å². The summed E-state index contributed by atoms with van der Waals surface area (Å²) in [6.45, 7) is 1.07. The summed E-state index contributed by atoms with van der Waals surface area (Å²) in [4.78, 5) is 11.8. The number of aliphatic carboxylic acids is 1. The molecule has 0 fully saturated rings. The van der Waals surface area contributed by atoms with Crippen molar-refractivity contribution in [1.82, 2.24) is 15.0 Å². The number of carboxylic acid groups (broad SMARTS) is 1. The summed E-state index contributed by atoms with van der Waals surface area (Å²) in [6, 6.07) is 18.3. The number of rotatable bonds is 7. The highest BCUT2D eigenvalue weighted by Gasteiger charge is 2.42. The third-order valence-electron chi connectivity index (χ3n) is 5.84. The molecule has 0 saturated heterocycles. The smallest absolute Gasteiger partial charge is 0.370 e. The Balaban J connectivity index is 1.87. The van der Waals surface area contributed by atoms with Gasteiger partial charge in [-0.05, 0) is 6.08 Å². The number of ether oxygens (including phenoxy) is 1. The molecule has 2 aromatic carbocycles. The van der Waals surface area contributed by atoms with Crippen LogP contribution in [0.1, 0.15) is 13.0 Å². The largest absolute Gasteiger partial charge is 0.480 e. The van der Waals surface area contributed by atoms with Crippen LogP contribution in [0.4, 0.5) is 0 Å². The molecule has 0 bridgehead atoms. The molecular weight excluding hydrogens is 426 g/mol. The Hall–Kier alpha value is -3.53. The summed E-state index contributed by atoms with van der Waals surface area (Å²) >= 11 is 0. The lowest BCUT2D eigenvalue weighted by Gasteiger charge is -2.38. The standard InChI is InChI=1S/C24H25N3O6/c1-14-17(12-19(24(31)32)33-23(14)22(30)18(29)13-28)27-21(16-10-6-3-7-11-16)20(25-26-27)15-8-4-2-5-9-15/h2-12,14,17-18,22-23,28-30H,13H2,1H3,(H,31,32)/t14-,17+,18?,22-,23-/m1/s1. The van der Waals surface area contributed by atoms with Crippen LogP contribution in [0, 0.1) is 5.92 Å². The molecule has 1 aromatic heterocycles. The van der Waals surface area contributed by atoms with Crippen molar-refractivity contribution in [2.24, 2.45) is 5.92 Å². The monoisotopic (exact) mass is 451 g/mol. The molecule has 4 rings (SSSR count). The topological polar surface area (TPSA) is 138 Å². The first-order valence-corrected chi connectivity index (χ1v) is 10.6. The minimum Gasteiger partial charge on any atom is -0.480 e. The van der Waals surface area contributed by atoms with E-state index >= 15 is 0 Å². The number of hydrogen-bond donors (Lipinski definition) is 4. The Morgan fingerprint density at radius 3 is 2.24 bits per heavy atom. The van der Waals surface area contributed by atoms with E-state index in [1.54, 1.807) is 11.6 Å². The average molecular weight is 451 g/mol. The van der Waals surface area contributed by atoms with Gasteiger partial charge in [0.1, 0.15) is 24.0 Å². The maximum Gasteiger partial charge on any atom is 0.370 e. The number of carbonyl (C=O) groups is 1. The quantitative estimate of drug-likeness (QED) is 0.427. The van der Waals surface area contributed by atoms with Crippen LogP contribution in [-0.4, -0.2) is 66.3 Å². The molecule has 4 N–H and O–H groups in total. The van der Waals surface area contributed by atoms with Crippen molar-refractivity contribution in [2.45, 2.75) is 31.3 Å². The highest BCUT2D eigenvalue weighted by atomic mass is 16.5. The van der Waals surface area contributed by atoms with E-state index in [2.05, 4.69) is 10.3 Å². The van der Waals surface area contributed by atoms with E-state index in [1.807, 2.05) is 60.7 Å². The van der Waals surface area contributed by atoms with Gasteiger partial charge in [0, 0.05) is 17.0 Å². The summed E-state index contributed by atoms with van der Waals surface area (Å²) in [5.74, 6) is -2.20. The lowest BCUT2D eigenvalue weighted by Crippen LogP contribution is -2.48. The number of allylic oxidation sites excluding steroid dienone is 1. The molecular formula is C24H25N3O6. The lowest BCUT2D eigenvalue weighted by molar-refractivity contribution is -0.148. The zero-order valence-corrected chi connectivity index (χ0v) is 17.9. The van der Waals surface area contributed by atoms with Gasteiger partial charge in [-0.25, -0.2) is 9.48 Å². The Morgan fingerprint density at radius 2 is 1.67 bits per heavy atom. The van der Waals surface area contributed by atoms with Crippen LogP contribution in [0.2, 0.25) is 0 Å². The normalized spacial score (nSPS) is 22.2. The van der Waals surface area contributed by atoms with Gasteiger partial charge in [0.05, 0.1) is 18.3 Å². The molecule has 3 aromatic rings. The number of benzene rings is 2. The Morgan fingerprint density at radius 1 is 1.06 bits per heavy atom. The number of aliphatic hydroxyl groups is 3. The van der Waals surface area contributed by atoms with Crippen molar-refractivity contribution in [3.63, 3.8) is 0 Å². The van der Waals surface area contributed by atoms with E-state index in [0.717, 1.165) is 11.1 Å². The molecule has 1 unspecified atom stereocenters. The van der Waals surface area contributed by atoms with Crippen molar-refractivity contribution in [1.29, 1.82) is 0 Å². The van der Waals surface area contributed by atoms with Crippen LogP contribution in [0.5, 0.6) is 0 Å². The molecule has 1 aliphatic heterocycles. The highest BCUT2D eigenvalue weighted by Crippen LogP contribution is 2.39. The van der Waals surface area contributed by atoms with Crippen LogP contribution >= 0.6 is 0 Å². The summed E-state index contributed by atoms with van der Waals surface area (Å²) in [7, 11) is 0. The minimum atomic E-state index is -1.51. The first-order chi connectivity index (χ1) is 15.9. The number of aromatic nitrogens is 3. The van der Waals surface area contributed by atoms with Gasteiger partial charge in [0.2, 0.25) is 5.76 Å². The third-order valence-corrected chi connectivity index (χ3v) is 5.84. The van der Waals surface area contributed by atoms with Gasteiger partial charge in [-0.1, -0.05) is 72.8 Å². The van der Waals surface area contributed by atoms with Crippen LogP contribution in [0.3, 0.4) is 0 Å². The molecule has 0 radical (unpaired) electrons. The van der Waals surface area contributed by atoms with Crippen LogP contribution in [0.15, 0.2) is 72.5 Å². The van der Waals surface area contributed by atoms with Crippen molar-refractivity contribution in [3.05, 3.63) is 72.5 Å². The fourth-order valence-corrected chi connectivity index (χ4v) is 4.07. The van der Waals surface area contributed by atoms with Crippen molar-refractivity contribution >= 4 is 5.97 Å². The van der Waals surface area contributed by atoms with Gasteiger partial charge >= 0.3 is 5.97 Å². The third kappa shape index (κ3) is 4.38. The molecule has 5 atom stereocenters. The van der Waals surface area contributed by atoms with Crippen LogP contribution < -0.4 is 0 Å². The molecule has 0 amide bonds. The molecule has 9 nitrogen and oxygen atoms in total. The van der Waals surface area contributed by atoms with E-state index in [4.69, 9.17) is 4.74 Å². The van der Waals surface area contributed by atoms with E-state index in [9.17, 15) is 25.2 Å². The second-order valence-electron chi connectivity index (χ2n) is 7.97. The van der Waals surface area contributed by atoms with Crippen LogP contribution in [0.25, 0.3) is 22.5 Å². The summed E-state index contributed by atoms with van der Waals surface area (Å²) in [6.07, 6.45) is -2.66.